The summed E-state index contributed by atoms with van der Waals surface area (Å²) in [7, 11) is 1.38. The molecule has 3 aromatic rings. The van der Waals surface area contributed by atoms with Gasteiger partial charge in [0.1, 0.15) is 24.4 Å². The maximum absolute atomic E-state index is 12.3. The number of carbonyl (C=O) groups excluding carboxylic acids is 1. The lowest BCUT2D eigenvalue weighted by Crippen LogP contribution is -2.26. The average molecular weight is 492 g/mol. The quantitative estimate of drug-likeness (QED) is 0.182. The molecule has 0 aliphatic rings. The number of benzene rings is 2. The standard InChI is InChI=1S/C29H37N3O4/c1-20(2)15-23-7-11-26(12-8-23)32-18-25(17-30-32)19-35-27-13-9-24(10-14-27)16-28(29(33)34-6)22(5)31-36-21(3)4/h7-14,17-18,20-21,28H,15-16,19H2,1-6H3/b31-22-. The van der Waals surface area contributed by atoms with Crippen LogP contribution in [-0.4, -0.2) is 34.7 Å². The highest BCUT2D eigenvalue weighted by Crippen LogP contribution is 2.19. The number of oxime groups is 1. The zero-order valence-electron chi connectivity index (χ0n) is 22.1. The minimum atomic E-state index is -0.509. The summed E-state index contributed by atoms with van der Waals surface area (Å²) in [6, 6.07) is 16.2. The van der Waals surface area contributed by atoms with Gasteiger partial charge < -0.3 is 14.3 Å². The summed E-state index contributed by atoms with van der Waals surface area (Å²) in [6.07, 6.45) is 5.27. The van der Waals surface area contributed by atoms with Crippen LogP contribution in [0, 0.1) is 11.8 Å². The summed E-state index contributed by atoms with van der Waals surface area (Å²) in [5.41, 5.74) is 4.90. The number of esters is 1. The number of rotatable bonds is 12. The van der Waals surface area contributed by atoms with Gasteiger partial charge in [-0.05, 0) is 74.9 Å². The first-order chi connectivity index (χ1) is 17.2. The van der Waals surface area contributed by atoms with E-state index >= 15 is 0 Å². The molecule has 0 aliphatic carbocycles. The highest BCUT2D eigenvalue weighted by atomic mass is 16.6. The molecule has 0 saturated carbocycles. The third-order valence-electron chi connectivity index (χ3n) is 5.65. The first-order valence-corrected chi connectivity index (χ1v) is 12.4. The Morgan fingerprint density at radius 2 is 1.58 bits per heavy atom. The molecule has 0 radical (unpaired) electrons. The van der Waals surface area contributed by atoms with Gasteiger partial charge in [0.15, 0.2) is 0 Å². The van der Waals surface area contributed by atoms with Gasteiger partial charge in [-0.2, -0.15) is 5.10 Å². The molecule has 1 unspecified atom stereocenters. The lowest BCUT2D eigenvalue weighted by Gasteiger charge is -2.15. The van der Waals surface area contributed by atoms with Crippen molar-refractivity contribution in [2.45, 2.75) is 60.2 Å². The Hall–Kier alpha value is -3.61. The molecule has 1 atom stereocenters. The van der Waals surface area contributed by atoms with E-state index in [1.165, 1.54) is 12.7 Å². The first kappa shape index (κ1) is 27.0. The molecule has 1 heterocycles. The zero-order valence-corrected chi connectivity index (χ0v) is 22.1. The van der Waals surface area contributed by atoms with E-state index in [2.05, 4.69) is 48.4 Å². The van der Waals surface area contributed by atoms with E-state index in [9.17, 15) is 4.79 Å². The van der Waals surface area contributed by atoms with Gasteiger partial charge in [-0.3, -0.25) is 4.79 Å². The Morgan fingerprint density at radius 3 is 2.19 bits per heavy atom. The van der Waals surface area contributed by atoms with Crippen molar-refractivity contribution in [3.8, 4) is 11.4 Å². The van der Waals surface area contributed by atoms with E-state index in [0.29, 0.717) is 24.7 Å². The molecule has 0 bridgehead atoms. The molecule has 36 heavy (non-hydrogen) atoms. The molecule has 2 aromatic carbocycles. The van der Waals surface area contributed by atoms with Crippen molar-refractivity contribution in [2.24, 2.45) is 17.0 Å². The maximum atomic E-state index is 12.3. The van der Waals surface area contributed by atoms with Crippen molar-refractivity contribution in [3.05, 3.63) is 77.6 Å². The molecular weight excluding hydrogens is 454 g/mol. The second-order valence-corrected chi connectivity index (χ2v) is 9.66. The van der Waals surface area contributed by atoms with Crippen LogP contribution >= 0.6 is 0 Å². The first-order valence-electron chi connectivity index (χ1n) is 12.4. The summed E-state index contributed by atoms with van der Waals surface area (Å²) in [4.78, 5) is 17.6. The maximum Gasteiger partial charge on any atom is 0.314 e. The van der Waals surface area contributed by atoms with Crippen molar-refractivity contribution in [1.82, 2.24) is 9.78 Å². The number of ether oxygens (including phenoxy) is 2. The SMILES string of the molecule is COC(=O)C(Cc1ccc(OCc2cnn(-c3ccc(CC(C)C)cc3)c2)cc1)/C(C)=N\OC(C)C. The van der Waals surface area contributed by atoms with Crippen LogP contribution in [0.25, 0.3) is 5.69 Å². The fourth-order valence-corrected chi connectivity index (χ4v) is 3.75. The van der Waals surface area contributed by atoms with E-state index < -0.39 is 5.92 Å². The van der Waals surface area contributed by atoms with Crippen LogP contribution in [0.4, 0.5) is 0 Å². The topological polar surface area (TPSA) is 74.9 Å². The van der Waals surface area contributed by atoms with E-state index in [4.69, 9.17) is 14.3 Å². The zero-order chi connectivity index (χ0) is 26.1. The summed E-state index contributed by atoms with van der Waals surface area (Å²) in [5, 5.41) is 8.57. The van der Waals surface area contributed by atoms with Gasteiger partial charge in [0, 0.05) is 11.8 Å². The van der Waals surface area contributed by atoms with E-state index in [-0.39, 0.29) is 12.1 Å². The van der Waals surface area contributed by atoms with Crippen LogP contribution in [0.1, 0.15) is 51.3 Å². The second kappa shape index (κ2) is 12.9. The summed E-state index contributed by atoms with van der Waals surface area (Å²) >= 11 is 0. The van der Waals surface area contributed by atoms with Crippen molar-refractivity contribution in [1.29, 1.82) is 0 Å². The molecule has 0 N–H and O–H groups in total. The van der Waals surface area contributed by atoms with Crippen LogP contribution in [0.2, 0.25) is 0 Å². The van der Waals surface area contributed by atoms with Gasteiger partial charge in [0.2, 0.25) is 0 Å². The number of carbonyl (C=O) groups is 1. The van der Waals surface area contributed by atoms with Gasteiger partial charge in [-0.25, -0.2) is 4.68 Å². The molecule has 0 amide bonds. The molecule has 192 valence electrons. The molecule has 0 spiro atoms. The normalized spacial score (nSPS) is 12.6. The number of hydrogen-bond acceptors (Lipinski definition) is 6. The lowest BCUT2D eigenvalue weighted by molar-refractivity contribution is -0.143. The van der Waals surface area contributed by atoms with Crippen molar-refractivity contribution < 1.29 is 19.1 Å². The molecule has 3 rings (SSSR count). The van der Waals surface area contributed by atoms with Crippen LogP contribution in [0.5, 0.6) is 5.75 Å². The van der Waals surface area contributed by atoms with Gasteiger partial charge in [0.05, 0.1) is 24.7 Å². The molecule has 0 fully saturated rings. The van der Waals surface area contributed by atoms with Gasteiger partial charge in [0.25, 0.3) is 0 Å². The van der Waals surface area contributed by atoms with Crippen molar-refractivity contribution in [2.75, 3.05) is 7.11 Å². The van der Waals surface area contributed by atoms with Crippen LogP contribution in [-0.2, 0) is 33.8 Å². The van der Waals surface area contributed by atoms with E-state index in [1.807, 2.05) is 55.2 Å². The Bertz CT molecular complexity index is 1130. The van der Waals surface area contributed by atoms with Crippen LogP contribution in [0.3, 0.4) is 0 Å². The Balaban J connectivity index is 1.58. The van der Waals surface area contributed by atoms with E-state index in [0.717, 1.165) is 29.0 Å². The molecule has 1 aromatic heterocycles. The summed E-state index contributed by atoms with van der Waals surface area (Å²) in [6.45, 7) is 10.4. The third-order valence-corrected chi connectivity index (χ3v) is 5.65. The predicted molar refractivity (Wildman–Crippen MR) is 141 cm³/mol. The number of hydrogen-bond donors (Lipinski definition) is 0. The van der Waals surface area contributed by atoms with Crippen LogP contribution < -0.4 is 4.74 Å². The third kappa shape index (κ3) is 7.97. The minimum Gasteiger partial charge on any atom is -0.489 e. The van der Waals surface area contributed by atoms with Crippen LogP contribution in [0.15, 0.2) is 66.1 Å². The Labute approximate surface area is 214 Å². The monoisotopic (exact) mass is 491 g/mol. The Kier molecular flexibility index (Phi) is 9.68. The highest BCUT2D eigenvalue weighted by Gasteiger charge is 2.24. The number of aromatic nitrogens is 2. The summed E-state index contributed by atoms with van der Waals surface area (Å²) in [5.74, 6) is 0.531. The van der Waals surface area contributed by atoms with Gasteiger partial charge in [-0.15, -0.1) is 0 Å². The Morgan fingerprint density at radius 1 is 0.944 bits per heavy atom. The smallest absolute Gasteiger partial charge is 0.314 e. The van der Waals surface area contributed by atoms with Crippen molar-refractivity contribution >= 4 is 11.7 Å². The molecular formula is C29H37N3O4. The average Bonchev–Trinajstić information content (AvgIpc) is 3.34. The molecule has 0 saturated heterocycles. The summed E-state index contributed by atoms with van der Waals surface area (Å²) < 4.78 is 12.8. The predicted octanol–water partition coefficient (Wildman–Crippen LogP) is 5.78. The molecule has 7 heteroatoms. The molecule has 7 nitrogen and oxygen atoms in total. The highest BCUT2D eigenvalue weighted by molar-refractivity contribution is 6.00. The fraction of sp³-hybridized carbons (Fsp3) is 0.414. The number of nitrogens with zero attached hydrogens (tertiary/aromatic N) is 3. The van der Waals surface area contributed by atoms with Crippen molar-refractivity contribution in [3.63, 3.8) is 0 Å². The fourth-order valence-electron chi connectivity index (χ4n) is 3.75. The molecule has 0 aliphatic heterocycles. The lowest BCUT2D eigenvalue weighted by atomic mass is 9.95. The number of methoxy groups -OCH3 is 1. The van der Waals surface area contributed by atoms with E-state index in [1.54, 1.807) is 6.92 Å². The minimum absolute atomic E-state index is 0.0583. The largest absolute Gasteiger partial charge is 0.489 e. The van der Waals surface area contributed by atoms with Gasteiger partial charge in [-0.1, -0.05) is 43.3 Å². The second-order valence-electron chi connectivity index (χ2n) is 9.66. The van der Waals surface area contributed by atoms with Gasteiger partial charge >= 0.3 is 5.97 Å².